The normalized spacial score (nSPS) is 14.6. The van der Waals surface area contributed by atoms with Crippen LogP contribution < -0.4 is 4.90 Å². The van der Waals surface area contributed by atoms with Gasteiger partial charge in [-0.25, -0.2) is 0 Å². The second-order valence-electron chi connectivity index (χ2n) is 8.77. The molecule has 0 N–H and O–H groups in total. The summed E-state index contributed by atoms with van der Waals surface area (Å²) < 4.78 is 2.38. The number of hydrogen-bond donors (Lipinski definition) is 0. The quantitative estimate of drug-likeness (QED) is 0.297. The average Bonchev–Trinajstić information content (AvgIpc) is 3.23. The van der Waals surface area contributed by atoms with Crippen LogP contribution in [0.1, 0.15) is 70.7 Å². The highest BCUT2D eigenvalue weighted by atomic mass is 15.1. The van der Waals surface area contributed by atoms with Crippen LogP contribution in [0, 0.1) is 0 Å². The van der Waals surface area contributed by atoms with E-state index in [1.807, 2.05) is 78.0 Å². The molecule has 0 atom stereocenters. The van der Waals surface area contributed by atoms with Crippen LogP contribution in [0.15, 0.2) is 95.9 Å². The second kappa shape index (κ2) is 15.3. The van der Waals surface area contributed by atoms with E-state index in [0.29, 0.717) is 0 Å². The van der Waals surface area contributed by atoms with Crippen molar-refractivity contribution in [1.29, 1.82) is 0 Å². The zero-order valence-electron chi connectivity index (χ0n) is 24.8. The largest absolute Gasteiger partial charge is 0.348 e. The van der Waals surface area contributed by atoms with Gasteiger partial charge in [0.15, 0.2) is 0 Å². The molecule has 4 heterocycles. The number of fused-ring (bicyclic) bond motifs is 3. The van der Waals surface area contributed by atoms with Crippen molar-refractivity contribution in [3.05, 3.63) is 103 Å². The molecule has 3 aromatic rings. The first-order valence-corrected chi connectivity index (χ1v) is 14.3. The standard InChI is InChI=1S/C30H30N6.2C2H6/c1-4-22(18-31-5-2)25-19-33-15-12-28(25)35(3)23-9-6-7-10-24(17-23)36-29-11-8-14-32-20-26(29)27-21-34-16-13-30(27)36;2*1-2/h4-5,8,10,12-21H,2,6-7,9,11H2,1,3H3;2*1-2H3/b22-4+,31-18?;;. The van der Waals surface area contributed by atoms with Gasteiger partial charge in [-0.05, 0) is 50.0 Å². The van der Waals surface area contributed by atoms with Crippen LogP contribution in [0.25, 0.3) is 22.2 Å². The fourth-order valence-corrected chi connectivity index (χ4v) is 4.94. The van der Waals surface area contributed by atoms with Gasteiger partial charge in [-0.15, -0.1) is 0 Å². The lowest BCUT2D eigenvalue weighted by molar-refractivity contribution is 0.812. The molecule has 0 aromatic carbocycles. The third-order valence-electron chi connectivity index (χ3n) is 6.71. The first-order chi connectivity index (χ1) is 19.7. The minimum absolute atomic E-state index is 0.822. The van der Waals surface area contributed by atoms with Crippen LogP contribution in [-0.2, 0) is 6.42 Å². The van der Waals surface area contributed by atoms with Gasteiger partial charge >= 0.3 is 0 Å². The van der Waals surface area contributed by atoms with E-state index in [0.717, 1.165) is 59.0 Å². The van der Waals surface area contributed by atoms with Crippen molar-refractivity contribution in [2.45, 2.75) is 60.3 Å². The van der Waals surface area contributed by atoms with Crippen molar-refractivity contribution in [3.63, 3.8) is 0 Å². The summed E-state index contributed by atoms with van der Waals surface area (Å²) in [7, 11) is 2.14. The van der Waals surface area contributed by atoms with Crippen molar-refractivity contribution < 1.29 is 0 Å². The molecule has 3 aromatic heterocycles. The van der Waals surface area contributed by atoms with Gasteiger partial charge in [0.2, 0.25) is 0 Å². The molecule has 0 saturated carbocycles. The lowest BCUT2D eigenvalue weighted by Gasteiger charge is -2.25. The van der Waals surface area contributed by atoms with Gasteiger partial charge in [0.25, 0.3) is 0 Å². The summed E-state index contributed by atoms with van der Waals surface area (Å²) in [5.41, 5.74) is 9.12. The Bertz CT molecular complexity index is 1480. The monoisotopic (exact) mass is 534 g/mol. The summed E-state index contributed by atoms with van der Waals surface area (Å²) in [5, 5.41) is 1.13. The van der Waals surface area contributed by atoms with Crippen molar-refractivity contribution in [3.8, 4) is 0 Å². The number of hydrogen-bond acceptors (Lipinski definition) is 5. The number of anilines is 1. The van der Waals surface area contributed by atoms with Crippen molar-refractivity contribution in [2.75, 3.05) is 11.9 Å². The molecule has 6 nitrogen and oxygen atoms in total. The van der Waals surface area contributed by atoms with E-state index in [1.54, 1.807) is 6.20 Å². The van der Waals surface area contributed by atoms with Crippen molar-refractivity contribution in [1.82, 2.24) is 14.5 Å². The third-order valence-corrected chi connectivity index (χ3v) is 6.71. The van der Waals surface area contributed by atoms with Crippen LogP contribution in [-0.4, -0.2) is 34.0 Å². The zero-order chi connectivity index (χ0) is 28.9. The highest BCUT2D eigenvalue weighted by Gasteiger charge is 2.21. The van der Waals surface area contributed by atoms with E-state index in [4.69, 9.17) is 0 Å². The highest BCUT2D eigenvalue weighted by molar-refractivity contribution is 6.12. The second-order valence-corrected chi connectivity index (χ2v) is 8.77. The molecule has 208 valence electrons. The maximum atomic E-state index is 4.46. The van der Waals surface area contributed by atoms with Crippen LogP contribution in [0.2, 0.25) is 0 Å². The number of pyridine rings is 2. The number of allylic oxidation sites excluding steroid dienone is 7. The smallest absolute Gasteiger partial charge is 0.0569 e. The number of aromatic nitrogens is 3. The molecule has 5 rings (SSSR count). The summed E-state index contributed by atoms with van der Waals surface area (Å²) in [6.07, 6.45) is 27.5. The lowest BCUT2D eigenvalue weighted by Crippen LogP contribution is -2.18. The van der Waals surface area contributed by atoms with Gasteiger partial charge in [0.05, 0.1) is 11.2 Å². The molecule has 0 saturated heterocycles. The summed E-state index contributed by atoms with van der Waals surface area (Å²) >= 11 is 0. The molecule has 2 aliphatic rings. The third kappa shape index (κ3) is 6.45. The predicted molar refractivity (Wildman–Crippen MR) is 174 cm³/mol. The van der Waals surface area contributed by atoms with E-state index < -0.39 is 0 Å². The summed E-state index contributed by atoms with van der Waals surface area (Å²) in [6.45, 7) is 13.7. The topological polar surface area (TPSA) is 58.7 Å². The first-order valence-electron chi connectivity index (χ1n) is 14.3. The molecular formula is C34H42N6. The van der Waals surface area contributed by atoms with Crippen LogP contribution >= 0.6 is 0 Å². The molecule has 0 bridgehead atoms. The summed E-state index contributed by atoms with van der Waals surface area (Å²) in [5.74, 6) is 0. The van der Waals surface area contributed by atoms with Crippen molar-refractivity contribution in [2.24, 2.45) is 9.98 Å². The van der Waals surface area contributed by atoms with E-state index in [2.05, 4.69) is 79.5 Å². The molecule has 0 amide bonds. The minimum Gasteiger partial charge on any atom is -0.348 e. The Kier molecular flexibility index (Phi) is 11.6. The van der Waals surface area contributed by atoms with Gasteiger partial charge < -0.3 is 9.47 Å². The predicted octanol–water partition coefficient (Wildman–Crippen LogP) is 8.64. The lowest BCUT2D eigenvalue weighted by atomic mass is 10.1. The van der Waals surface area contributed by atoms with E-state index >= 15 is 0 Å². The van der Waals surface area contributed by atoms with Crippen LogP contribution in [0.4, 0.5) is 5.69 Å². The molecule has 0 radical (unpaired) electrons. The Labute approximate surface area is 239 Å². The van der Waals surface area contributed by atoms with Crippen LogP contribution in [0.3, 0.4) is 0 Å². The Hall–Kier alpha value is -4.32. The van der Waals surface area contributed by atoms with Gasteiger partial charge in [-0.2, -0.15) is 0 Å². The molecular weight excluding hydrogens is 492 g/mol. The van der Waals surface area contributed by atoms with Gasteiger partial charge in [-0.1, -0.05) is 52.5 Å². The van der Waals surface area contributed by atoms with Crippen molar-refractivity contribution >= 4 is 40.3 Å². The zero-order valence-corrected chi connectivity index (χ0v) is 24.8. The summed E-state index contributed by atoms with van der Waals surface area (Å²) in [4.78, 5) is 19.8. The number of rotatable bonds is 6. The van der Waals surface area contributed by atoms with E-state index in [-0.39, 0.29) is 0 Å². The fourth-order valence-electron chi connectivity index (χ4n) is 4.94. The molecule has 1 aliphatic heterocycles. The molecule has 0 fully saturated rings. The SMILES string of the molecule is C=CN=C/C(=C\C)c1cnccc1N(C)C1=CC(n2c3c(c4cnccc42)C=NC=CC3)=CCCC1.CC.CC. The van der Waals surface area contributed by atoms with E-state index in [1.165, 1.54) is 17.1 Å². The highest BCUT2D eigenvalue weighted by Crippen LogP contribution is 2.34. The Morgan fingerprint density at radius 3 is 2.65 bits per heavy atom. The molecule has 6 heteroatoms. The maximum Gasteiger partial charge on any atom is 0.0569 e. The number of nitrogens with zero attached hydrogens (tertiary/aromatic N) is 6. The minimum atomic E-state index is 0.822. The molecule has 0 unspecified atom stereocenters. The first kappa shape index (κ1) is 30.2. The Morgan fingerprint density at radius 2 is 1.88 bits per heavy atom. The van der Waals surface area contributed by atoms with E-state index in [9.17, 15) is 0 Å². The Balaban J connectivity index is 0.00000106. The van der Waals surface area contributed by atoms with Gasteiger partial charge in [-0.3, -0.25) is 20.0 Å². The maximum absolute atomic E-state index is 4.46. The van der Waals surface area contributed by atoms with Gasteiger partial charge in [0.1, 0.15) is 0 Å². The summed E-state index contributed by atoms with van der Waals surface area (Å²) in [6, 6.07) is 4.17. The molecule has 0 spiro atoms. The Morgan fingerprint density at radius 1 is 1.10 bits per heavy atom. The van der Waals surface area contributed by atoms with Gasteiger partial charge in [0, 0.05) is 96.7 Å². The fraction of sp³-hybridized carbons (Fsp3) is 0.294. The average molecular weight is 535 g/mol. The molecule has 1 aliphatic carbocycles. The molecule has 40 heavy (non-hydrogen) atoms. The number of aliphatic imine (C=N–C) groups is 2. The van der Waals surface area contributed by atoms with Crippen LogP contribution in [0.5, 0.6) is 0 Å².